The first kappa shape index (κ1) is 87.5. The molecule has 19 nitrogen and oxygen atoms in total. The maximum atomic E-state index is 12.1. The van der Waals surface area contributed by atoms with Crippen molar-refractivity contribution in [2.75, 3.05) is 0 Å². The Morgan fingerprint density at radius 3 is 0.903 bits per heavy atom. The molecule has 16 rings (SSSR count). The minimum absolute atomic E-state index is 0.267. The molecule has 6 aromatic carbocycles. The summed E-state index contributed by atoms with van der Waals surface area (Å²) in [6.07, 6.45) is 14.9. The summed E-state index contributed by atoms with van der Waals surface area (Å²) in [5, 5.41) is 105. The Bertz CT molecular complexity index is 3360. The van der Waals surface area contributed by atoms with Gasteiger partial charge in [0.1, 0.15) is 5.75 Å². The molecule has 564 valence electrons. The number of para-hydroxylation sites is 1. The Labute approximate surface area is 594 Å². The number of phenols is 1. The number of hydrogen-bond donors (Lipinski definition) is 3. The molecular weight excluding hydrogens is 1350 g/mol. The zero-order valence-electron chi connectivity index (χ0n) is 57.9. The normalized spacial score (nSPS) is 23.9. The van der Waals surface area contributed by atoms with Crippen molar-refractivity contribution in [2.24, 2.45) is 70.5 Å². The summed E-state index contributed by atoms with van der Waals surface area (Å²) >= 11 is 0. The standard InChI is InChI=1S/C12H18.C11H16O2.C10H8.2C8H5F3O3.C7H12.C6H6O.C6H6.5C2H4O2/c1-2-8-5-7(1)11-9-3-4-10(6-9)12(8)11;12-10(13)11-4-7-1-8(5-11)3-9(2-7)6-11;1-2-6-10-8-4-3-7-9(10)5-1;9-8(10,11)4-1-2-6(12)5(3-4)7(13)14;9-8(10,11)4-1-2-5(7(13)14)6(12)3-4;1-2-7-4-3-6(1)5-7;7-6-4-2-1-3-5-6;1-2-4-6-5-3-1;5*1-2(3)4/h7-12H,1-6H2;7-9H,1-6H2,(H,12,13);1-8H;2*1-3,12H,(H,13,14);6-7H,1-5H2;1-5,7H;1-6H;5*1H3,(H,3,4)/p-8. The average Bonchev–Trinajstić information content (AvgIpc) is 1.57. The van der Waals surface area contributed by atoms with Crippen LogP contribution in [0.4, 0.5) is 26.3 Å². The molecule has 4 atom stereocenters. The smallest absolute Gasteiger partial charge is 0.416 e. The van der Waals surface area contributed by atoms with E-state index in [0.29, 0.717) is 53.8 Å². The van der Waals surface area contributed by atoms with Crippen LogP contribution in [0.3, 0.4) is 0 Å². The van der Waals surface area contributed by atoms with Crippen molar-refractivity contribution in [1.82, 2.24) is 0 Å². The van der Waals surface area contributed by atoms with E-state index in [0.717, 1.165) is 53.9 Å². The number of aliphatic carboxylic acids is 6. The number of carbonyl (C=O) groups excluding carboxylic acids is 6. The summed E-state index contributed by atoms with van der Waals surface area (Å²) < 4.78 is 72.2. The predicted molar refractivity (Wildman–Crippen MR) is 352 cm³/mol. The van der Waals surface area contributed by atoms with Crippen LogP contribution in [0.2, 0.25) is 0 Å². The number of aromatic hydroxyl groups is 1. The van der Waals surface area contributed by atoms with Gasteiger partial charge in [0.2, 0.25) is 0 Å². The molecule has 10 aliphatic rings. The number of phenolic OH excluding ortho intramolecular Hbond substituents is 1. The third kappa shape index (κ3) is 32.0. The van der Waals surface area contributed by atoms with E-state index >= 15 is 0 Å². The van der Waals surface area contributed by atoms with Gasteiger partial charge in [-0.3, -0.25) is 0 Å². The molecule has 3 N–H and O–H groups in total. The first-order valence-corrected chi connectivity index (χ1v) is 33.7. The van der Waals surface area contributed by atoms with Gasteiger partial charge in [-0.05, 0) is 224 Å². The van der Waals surface area contributed by atoms with Crippen LogP contribution >= 0.6 is 0 Å². The molecule has 25 heteroatoms. The summed E-state index contributed by atoms with van der Waals surface area (Å²) in [6.45, 7) is 4.86. The summed E-state index contributed by atoms with van der Waals surface area (Å²) in [7, 11) is 0. The molecule has 0 spiro atoms. The minimum Gasteiger partial charge on any atom is -0.872 e. The average molecular weight is 1440 g/mol. The first-order valence-electron chi connectivity index (χ1n) is 33.7. The third-order valence-corrected chi connectivity index (χ3v) is 18.9. The Balaban J connectivity index is 0.000000298. The Hall–Kier alpha value is -9.68. The van der Waals surface area contributed by atoms with Gasteiger partial charge in [0, 0.05) is 41.2 Å². The van der Waals surface area contributed by atoms with Crippen LogP contribution in [0.15, 0.2) is 152 Å². The highest BCUT2D eigenvalue weighted by Gasteiger charge is 2.59. The molecule has 0 saturated heterocycles. The molecule has 4 unspecified atom stereocenters. The van der Waals surface area contributed by atoms with E-state index in [1.165, 1.54) is 77.4 Å². The molecule has 103 heavy (non-hydrogen) atoms. The number of aromatic carboxylic acids is 2. The van der Waals surface area contributed by atoms with E-state index in [-0.39, 0.29) is 6.07 Å². The number of alkyl halides is 6. The van der Waals surface area contributed by atoms with Gasteiger partial charge < -0.3 is 84.9 Å². The SMILES string of the molecule is C1CC2CC1C1C3CCC(C3)C21.C1CC2CCC1C2.CC(=O)[O-].CC(=O)[O-].CC(=O)[O-].CC(=O)[O-].CC(=O)[O-].O=C(O)c1cc(C(F)(F)F)ccc1[O-].O=C(O)c1ccc(C(F)(F)F)cc1[O-].O=C([O-])C12CC3CC(CC(C3)C1)C2.Oc1ccccc1.c1ccc2ccccc2c1.c1ccccc1. The highest BCUT2D eigenvalue weighted by Crippen LogP contribution is 2.67. The molecule has 10 bridgehead atoms. The Morgan fingerprint density at radius 2 is 0.650 bits per heavy atom. The summed E-state index contributed by atoms with van der Waals surface area (Å²) in [6, 6.07) is 40.4. The molecule has 10 saturated carbocycles. The van der Waals surface area contributed by atoms with Crippen molar-refractivity contribution < 1.29 is 121 Å². The molecule has 10 aliphatic carbocycles. The van der Waals surface area contributed by atoms with Crippen LogP contribution in [0.1, 0.15) is 176 Å². The van der Waals surface area contributed by atoms with Crippen molar-refractivity contribution >= 4 is 58.5 Å². The second-order valence-corrected chi connectivity index (χ2v) is 26.8. The largest absolute Gasteiger partial charge is 0.872 e. The highest BCUT2D eigenvalue weighted by atomic mass is 19.4. The van der Waals surface area contributed by atoms with Gasteiger partial charge in [-0.15, -0.1) is 0 Å². The van der Waals surface area contributed by atoms with E-state index in [9.17, 15) is 56.0 Å². The fourth-order valence-electron chi connectivity index (χ4n) is 15.8. The van der Waals surface area contributed by atoms with Crippen LogP contribution in [-0.2, 0) is 41.1 Å². The number of carbonyl (C=O) groups is 8. The van der Waals surface area contributed by atoms with E-state index in [1.54, 1.807) is 94.9 Å². The second-order valence-electron chi connectivity index (χ2n) is 26.8. The maximum absolute atomic E-state index is 12.1. The molecule has 0 heterocycles. The molecule has 10 fully saturated rings. The van der Waals surface area contributed by atoms with Gasteiger partial charge in [0.25, 0.3) is 0 Å². The quantitative estimate of drug-likeness (QED) is 0.110. The van der Waals surface area contributed by atoms with Gasteiger partial charge in [0.15, 0.2) is 0 Å². The monoisotopic (exact) mass is 1440 g/mol. The zero-order valence-corrected chi connectivity index (χ0v) is 57.9. The Morgan fingerprint density at radius 1 is 0.369 bits per heavy atom. The first-order chi connectivity index (χ1) is 48.2. The van der Waals surface area contributed by atoms with Crippen molar-refractivity contribution in [3.63, 3.8) is 0 Å². The second kappa shape index (κ2) is 42.7. The lowest BCUT2D eigenvalue weighted by Gasteiger charge is -2.57. The van der Waals surface area contributed by atoms with Gasteiger partial charge in [-0.2, -0.15) is 26.3 Å². The summed E-state index contributed by atoms with van der Waals surface area (Å²) in [5.41, 5.74) is -4.23. The number of rotatable bonds is 3. The van der Waals surface area contributed by atoms with E-state index in [4.69, 9.17) is 64.8 Å². The van der Waals surface area contributed by atoms with E-state index in [2.05, 4.69) is 48.5 Å². The van der Waals surface area contributed by atoms with Crippen molar-refractivity contribution in [3.8, 4) is 17.2 Å². The zero-order chi connectivity index (χ0) is 77.4. The molecule has 0 amide bonds. The van der Waals surface area contributed by atoms with Crippen molar-refractivity contribution in [2.45, 2.75) is 156 Å². The lowest BCUT2D eigenvalue weighted by molar-refractivity contribution is -0.327. The van der Waals surface area contributed by atoms with Crippen molar-refractivity contribution in [1.29, 1.82) is 0 Å². The maximum Gasteiger partial charge on any atom is 0.416 e. The number of carboxylic acid groups (broad SMARTS) is 8. The van der Waals surface area contributed by atoms with Gasteiger partial charge in [-0.1, -0.05) is 159 Å². The van der Waals surface area contributed by atoms with Gasteiger partial charge >= 0.3 is 24.3 Å². The third-order valence-electron chi connectivity index (χ3n) is 18.9. The Kier molecular flexibility index (Phi) is 36.3. The van der Waals surface area contributed by atoms with Gasteiger partial charge in [0.05, 0.1) is 22.3 Å². The summed E-state index contributed by atoms with van der Waals surface area (Å²) in [4.78, 5) is 76.2. The number of hydrogen-bond acceptors (Lipinski definition) is 17. The minimum atomic E-state index is -4.64. The molecule has 0 aromatic heterocycles. The molecular formula is C78H88F6O19-8. The number of carboxylic acids is 8. The topological polar surface area (TPSA) is 382 Å². The van der Waals surface area contributed by atoms with Crippen LogP contribution in [0, 0.1) is 70.5 Å². The summed E-state index contributed by atoms with van der Waals surface area (Å²) in [5.74, 6) is 0.630. The molecule has 6 aromatic rings. The number of benzene rings is 6. The van der Waals surface area contributed by atoms with Crippen LogP contribution < -0.4 is 40.9 Å². The number of halogens is 6. The molecule has 0 aliphatic heterocycles. The van der Waals surface area contributed by atoms with E-state index in [1.807, 2.05) is 42.5 Å². The molecule has 0 radical (unpaired) electrons. The highest BCUT2D eigenvalue weighted by molar-refractivity contribution is 5.91. The lowest BCUT2D eigenvalue weighted by Crippen LogP contribution is -2.54. The van der Waals surface area contributed by atoms with Crippen LogP contribution in [-0.4, -0.2) is 63.1 Å². The van der Waals surface area contributed by atoms with Crippen LogP contribution in [0.25, 0.3) is 10.8 Å². The van der Waals surface area contributed by atoms with Gasteiger partial charge in [-0.25, -0.2) is 9.59 Å². The lowest BCUT2D eigenvalue weighted by atomic mass is 9.49. The fraction of sp³-hybridized carbons (Fsp3) is 0.462. The predicted octanol–water partition coefficient (Wildman–Crippen LogP) is 8.88. The van der Waals surface area contributed by atoms with Crippen LogP contribution in [0.5, 0.6) is 17.2 Å². The van der Waals surface area contributed by atoms with E-state index < -0.39 is 99.3 Å². The fourth-order valence-corrected chi connectivity index (χ4v) is 15.8. The van der Waals surface area contributed by atoms with Crippen molar-refractivity contribution in [3.05, 3.63) is 174 Å². The number of fused-ring (bicyclic) bond motifs is 12.